The highest BCUT2D eigenvalue weighted by Crippen LogP contribution is 2.24. The number of amides is 2. The highest BCUT2D eigenvalue weighted by molar-refractivity contribution is 5.93. The lowest BCUT2D eigenvalue weighted by atomic mass is 10.2. The van der Waals surface area contributed by atoms with Crippen LogP contribution in [0, 0.1) is 0 Å². The molecule has 32 heavy (non-hydrogen) atoms. The number of carbonyl (C=O) groups is 2. The molecule has 0 unspecified atom stereocenters. The molecule has 160 valence electrons. The number of anilines is 2. The van der Waals surface area contributed by atoms with Crippen molar-refractivity contribution in [1.29, 1.82) is 0 Å². The van der Waals surface area contributed by atoms with E-state index in [1.165, 1.54) is 6.92 Å². The van der Waals surface area contributed by atoms with Gasteiger partial charge in [0.05, 0.1) is 0 Å². The van der Waals surface area contributed by atoms with Crippen LogP contribution in [0.3, 0.4) is 0 Å². The van der Waals surface area contributed by atoms with Gasteiger partial charge in [-0.3, -0.25) is 9.59 Å². The van der Waals surface area contributed by atoms with Gasteiger partial charge in [-0.2, -0.15) is 4.98 Å². The van der Waals surface area contributed by atoms with E-state index in [9.17, 15) is 9.59 Å². The van der Waals surface area contributed by atoms with E-state index in [0.29, 0.717) is 28.8 Å². The summed E-state index contributed by atoms with van der Waals surface area (Å²) in [6, 6.07) is 23.4. The maximum Gasteiger partial charge on any atom is 0.262 e. The first-order valence-corrected chi connectivity index (χ1v) is 9.87. The van der Waals surface area contributed by atoms with E-state index in [-0.39, 0.29) is 18.4 Å². The average molecular weight is 428 g/mol. The Morgan fingerprint density at radius 3 is 2.16 bits per heavy atom. The van der Waals surface area contributed by atoms with Crippen molar-refractivity contribution in [2.24, 2.45) is 0 Å². The molecule has 8 nitrogen and oxygen atoms in total. The Morgan fingerprint density at radius 1 is 0.844 bits per heavy atom. The first-order chi connectivity index (χ1) is 15.6. The van der Waals surface area contributed by atoms with Crippen LogP contribution in [0.1, 0.15) is 6.92 Å². The monoisotopic (exact) mass is 428 g/mol. The quantitative estimate of drug-likeness (QED) is 0.452. The molecular formula is C24H20N4O4. The number of hydrogen-bond acceptors (Lipinski definition) is 6. The van der Waals surface area contributed by atoms with Crippen LogP contribution in [0.4, 0.5) is 11.4 Å². The summed E-state index contributed by atoms with van der Waals surface area (Å²) in [6.07, 6.45) is 0. The number of ether oxygens (including phenoxy) is 1. The predicted molar refractivity (Wildman–Crippen MR) is 120 cm³/mol. The molecule has 0 bridgehead atoms. The van der Waals surface area contributed by atoms with Gasteiger partial charge in [0.1, 0.15) is 5.75 Å². The van der Waals surface area contributed by atoms with Crippen LogP contribution in [0.2, 0.25) is 0 Å². The number of hydrogen-bond donors (Lipinski definition) is 2. The third kappa shape index (κ3) is 5.37. The van der Waals surface area contributed by atoms with Crippen molar-refractivity contribution in [3.05, 3.63) is 78.9 Å². The third-order valence-electron chi connectivity index (χ3n) is 4.42. The Morgan fingerprint density at radius 2 is 1.50 bits per heavy atom. The van der Waals surface area contributed by atoms with Crippen LogP contribution in [0.5, 0.6) is 5.75 Å². The lowest BCUT2D eigenvalue weighted by Gasteiger charge is -2.08. The summed E-state index contributed by atoms with van der Waals surface area (Å²) in [5.74, 6) is 0.994. The summed E-state index contributed by atoms with van der Waals surface area (Å²) in [5, 5.41) is 9.42. The van der Waals surface area contributed by atoms with E-state index >= 15 is 0 Å². The van der Waals surface area contributed by atoms with Crippen molar-refractivity contribution in [2.45, 2.75) is 6.92 Å². The molecule has 0 atom stereocenters. The standard InChI is InChI=1S/C24H20N4O4/c1-16(29)25-19-9-11-20(12-10-19)26-22(30)15-31-21-13-7-18(8-14-21)24-27-23(28-32-24)17-5-3-2-4-6-17/h2-14H,15H2,1H3,(H,25,29)(H,26,30). The number of rotatable bonds is 7. The summed E-state index contributed by atoms with van der Waals surface area (Å²) in [4.78, 5) is 27.6. The first kappa shape index (κ1) is 20.8. The highest BCUT2D eigenvalue weighted by Gasteiger charge is 2.11. The van der Waals surface area contributed by atoms with E-state index in [1.54, 1.807) is 48.5 Å². The van der Waals surface area contributed by atoms with Crippen molar-refractivity contribution < 1.29 is 18.8 Å². The lowest BCUT2D eigenvalue weighted by molar-refractivity contribution is -0.118. The van der Waals surface area contributed by atoms with Gasteiger partial charge in [0.15, 0.2) is 6.61 Å². The van der Waals surface area contributed by atoms with Crippen LogP contribution < -0.4 is 15.4 Å². The number of nitrogens with one attached hydrogen (secondary N) is 2. The van der Waals surface area contributed by atoms with Crippen LogP contribution in [-0.4, -0.2) is 28.6 Å². The van der Waals surface area contributed by atoms with Gasteiger partial charge in [0.25, 0.3) is 11.8 Å². The van der Waals surface area contributed by atoms with Crippen LogP contribution in [-0.2, 0) is 9.59 Å². The van der Waals surface area contributed by atoms with Crippen molar-refractivity contribution in [3.8, 4) is 28.6 Å². The van der Waals surface area contributed by atoms with E-state index in [1.807, 2.05) is 30.3 Å². The Labute approximate surface area is 184 Å². The fourth-order valence-corrected chi connectivity index (χ4v) is 2.93. The summed E-state index contributed by atoms with van der Waals surface area (Å²) in [5.41, 5.74) is 2.88. The molecule has 0 saturated carbocycles. The van der Waals surface area contributed by atoms with Crippen molar-refractivity contribution >= 4 is 23.2 Å². The van der Waals surface area contributed by atoms with Crippen molar-refractivity contribution in [2.75, 3.05) is 17.2 Å². The molecule has 2 N–H and O–H groups in total. The van der Waals surface area contributed by atoms with E-state index in [0.717, 1.165) is 11.1 Å². The molecule has 3 aromatic carbocycles. The second-order valence-electron chi connectivity index (χ2n) is 6.91. The predicted octanol–water partition coefficient (Wildman–Crippen LogP) is 4.38. The fourth-order valence-electron chi connectivity index (χ4n) is 2.93. The maximum absolute atomic E-state index is 12.1. The number of carbonyl (C=O) groups excluding carboxylic acids is 2. The summed E-state index contributed by atoms with van der Waals surface area (Å²) in [7, 11) is 0. The Balaban J connectivity index is 1.31. The Kier molecular flexibility index (Phi) is 6.22. The maximum atomic E-state index is 12.1. The fraction of sp³-hybridized carbons (Fsp3) is 0.0833. The molecule has 2 amide bonds. The molecular weight excluding hydrogens is 408 g/mol. The SMILES string of the molecule is CC(=O)Nc1ccc(NC(=O)COc2ccc(-c3nc(-c4ccccc4)no3)cc2)cc1. The zero-order valence-electron chi connectivity index (χ0n) is 17.2. The molecule has 0 fully saturated rings. The minimum atomic E-state index is -0.300. The second-order valence-corrected chi connectivity index (χ2v) is 6.91. The van der Waals surface area contributed by atoms with Gasteiger partial charge in [-0.1, -0.05) is 35.5 Å². The van der Waals surface area contributed by atoms with Crippen LogP contribution >= 0.6 is 0 Å². The number of nitrogens with zero attached hydrogens (tertiary/aromatic N) is 2. The van der Waals surface area contributed by atoms with Gasteiger partial charge in [-0.05, 0) is 48.5 Å². The average Bonchev–Trinajstić information content (AvgIpc) is 3.30. The van der Waals surface area contributed by atoms with Crippen LogP contribution in [0.25, 0.3) is 22.8 Å². The normalized spacial score (nSPS) is 10.4. The molecule has 0 aliphatic carbocycles. The van der Waals surface area contributed by atoms with E-state index in [2.05, 4.69) is 20.8 Å². The molecule has 1 aromatic heterocycles. The smallest absolute Gasteiger partial charge is 0.262 e. The van der Waals surface area contributed by atoms with Crippen LogP contribution in [0.15, 0.2) is 83.4 Å². The number of benzene rings is 3. The molecule has 4 aromatic rings. The minimum Gasteiger partial charge on any atom is -0.484 e. The molecule has 0 aliphatic heterocycles. The first-order valence-electron chi connectivity index (χ1n) is 9.87. The van der Waals surface area contributed by atoms with Crippen molar-refractivity contribution in [1.82, 2.24) is 10.1 Å². The molecule has 0 spiro atoms. The third-order valence-corrected chi connectivity index (χ3v) is 4.42. The highest BCUT2D eigenvalue weighted by atomic mass is 16.5. The van der Waals surface area contributed by atoms with Gasteiger partial charge >= 0.3 is 0 Å². The summed E-state index contributed by atoms with van der Waals surface area (Å²) < 4.78 is 10.9. The van der Waals surface area contributed by atoms with E-state index in [4.69, 9.17) is 9.26 Å². The molecule has 1 heterocycles. The molecule has 0 aliphatic rings. The van der Waals surface area contributed by atoms with Gasteiger partial charge < -0.3 is 19.9 Å². The molecule has 8 heteroatoms. The topological polar surface area (TPSA) is 106 Å². The van der Waals surface area contributed by atoms with Gasteiger partial charge in [-0.25, -0.2) is 0 Å². The Hall–Kier alpha value is -4.46. The summed E-state index contributed by atoms with van der Waals surface area (Å²) in [6.45, 7) is 1.29. The summed E-state index contributed by atoms with van der Waals surface area (Å²) >= 11 is 0. The minimum absolute atomic E-state index is 0.147. The van der Waals surface area contributed by atoms with Gasteiger partial charge in [0, 0.05) is 29.4 Å². The zero-order chi connectivity index (χ0) is 22.3. The van der Waals surface area contributed by atoms with Crippen molar-refractivity contribution in [3.63, 3.8) is 0 Å². The Bertz CT molecular complexity index is 1200. The molecule has 0 radical (unpaired) electrons. The lowest BCUT2D eigenvalue weighted by Crippen LogP contribution is -2.20. The number of aromatic nitrogens is 2. The van der Waals surface area contributed by atoms with Gasteiger partial charge in [-0.15, -0.1) is 0 Å². The largest absolute Gasteiger partial charge is 0.484 e. The van der Waals surface area contributed by atoms with Gasteiger partial charge in [0.2, 0.25) is 11.7 Å². The molecule has 0 saturated heterocycles. The zero-order valence-corrected chi connectivity index (χ0v) is 17.2. The second kappa shape index (κ2) is 9.57. The van der Waals surface area contributed by atoms with E-state index < -0.39 is 0 Å². The molecule has 4 rings (SSSR count).